The molecule has 0 radical (unpaired) electrons. The second-order valence-corrected chi connectivity index (χ2v) is 6.11. The lowest BCUT2D eigenvalue weighted by molar-refractivity contribution is -0.131. The lowest BCUT2D eigenvalue weighted by Crippen LogP contribution is -2.22. The van der Waals surface area contributed by atoms with Gasteiger partial charge >= 0.3 is 5.97 Å². The zero-order valence-electron chi connectivity index (χ0n) is 14.9. The predicted octanol–water partition coefficient (Wildman–Crippen LogP) is 3.91. The molecule has 5 nitrogen and oxygen atoms in total. The van der Waals surface area contributed by atoms with Crippen LogP contribution in [0.5, 0.6) is 23.0 Å². The van der Waals surface area contributed by atoms with Gasteiger partial charge in [0.1, 0.15) is 11.5 Å². The molecule has 132 valence electrons. The highest BCUT2D eigenvalue weighted by Gasteiger charge is 2.30. The topological polar surface area (TPSA) is 54.0 Å². The van der Waals surface area contributed by atoms with Crippen LogP contribution in [0.2, 0.25) is 0 Å². The summed E-state index contributed by atoms with van der Waals surface area (Å²) in [6.45, 7) is 4.11. The van der Waals surface area contributed by atoms with Crippen molar-refractivity contribution >= 4 is 5.97 Å². The van der Waals surface area contributed by atoms with E-state index in [4.69, 9.17) is 18.9 Å². The molecule has 25 heavy (non-hydrogen) atoms. The largest absolute Gasteiger partial charge is 0.493 e. The smallest absolute Gasteiger partial charge is 0.308 e. The van der Waals surface area contributed by atoms with E-state index in [-0.39, 0.29) is 17.8 Å². The Bertz CT molecular complexity index is 784. The summed E-state index contributed by atoms with van der Waals surface area (Å²) in [5, 5.41) is 0. The highest BCUT2D eigenvalue weighted by Crippen LogP contribution is 2.44. The Hall–Kier alpha value is -2.69. The molecule has 2 aromatic carbocycles. The lowest BCUT2D eigenvalue weighted by atomic mass is 9.81. The maximum absolute atomic E-state index is 11.1. The molecule has 0 bridgehead atoms. The van der Waals surface area contributed by atoms with Crippen LogP contribution in [0.15, 0.2) is 36.4 Å². The number of carbonyl (C=O) groups is 1. The van der Waals surface area contributed by atoms with E-state index in [1.54, 1.807) is 26.4 Å². The third kappa shape index (κ3) is 3.40. The van der Waals surface area contributed by atoms with Crippen molar-refractivity contribution in [3.05, 3.63) is 47.5 Å². The first-order chi connectivity index (χ1) is 12.0. The number of fused-ring (bicyclic) bond motifs is 1. The van der Waals surface area contributed by atoms with Crippen molar-refractivity contribution in [2.45, 2.75) is 25.7 Å². The van der Waals surface area contributed by atoms with Crippen molar-refractivity contribution in [3.63, 3.8) is 0 Å². The van der Waals surface area contributed by atoms with Crippen LogP contribution in [-0.2, 0) is 4.79 Å². The minimum atomic E-state index is -0.341. The monoisotopic (exact) mass is 342 g/mol. The molecule has 2 aromatic rings. The molecule has 0 amide bonds. The SMILES string of the molecule is COc1ccc(C2COc3cc(OC(C)=O)ccc3[C@@H]2C)cc1OC. The molecule has 3 rings (SSSR count). The van der Waals surface area contributed by atoms with Gasteiger partial charge in [-0.1, -0.05) is 19.1 Å². The number of benzene rings is 2. The molecule has 2 atom stereocenters. The quantitative estimate of drug-likeness (QED) is 0.623. The Morgan fingerprint density at radius 3 is 2.52 bits per heavy atom. The second kappa shape index (κ2) is 7.05. The number of ether oxygens (including phenoxy) is 4. The second-order valence-electron chi connectivity index (χ2n) is 6.11. The van der Waals surface area contributed by atoms with Gasteiger partial charge in [-0.15, -0.1) is 0 Å². The molecule has 0 saturated carbocycles. The Morgan fingerprint density at radius 1 is 1.08 bits per heavy atom. The van der Waals surface area contributed by atoms with Gasteiger partial charge in [0.25, 0.3) is 0 Å². The molecule has 5 heteroatoms. The Kier molecular flexibility index (Phi) is 4.83. The van der Waals surface area contributed by atoms with E-state index in [1.165, 1.54) is 6.92 Å². The fraction of sp³-hybridized carbons (Fsp3) is 0.350. The standard InChI is InChI=1S/C20H22O5/c1-12-16-7-6-15(25-13(2)21)10-19(16)24-11-17(12)14-5-8-18(22-3)20(9-14)23-4/h5-10,12,17H,11H2,1-4H3/t12-,17?/m0/s1. The molecule has 1 aliphatic heterocycles. The molecule has 1 unspecified atom stereocenters. The Labute approximate surface area is 147 Å². The van der Waals surface area contributed by atoms with Gasteiger partial charge in [-0.05, 0) is 35.2 Å². The van der Waals surface area contributed by atoms with Crippen LogP contribution in [0, 0.1) is 0 Å². The van der Waals surface area contributed by atoms with Crippen LogP contribution in [0.3, 0.4) is 0 Å². The highest BCUT2D eigenvalue weighted by molar-refractivity contribution is 5.69. The number of carbonyl (C=O) groups excluding carboxylic acids is 1. The first-order valence-corrected chi connectivity index (χ1v) is 8.20. The lowest BCUT2D eigenvalue weighted by Gasteiger charge is -2.32. The average molecular weight is 342 g/mol. The molecule has 0 N–H and O–H groups in total. The Balaban J connectivity index is 1.89. The normalized spacial score (nSPS) is 18.7. The van der Waals surface area contributed by atoms with Gasteiger partial charge in [-0.25, -0.2) is 0 Å². The minimum Gasteiger partial charge on any atom is -0.493 e. The van der Waals surface area contributed by atoms with Gasteiger partial charge in [-0.2, -0.15) is 0 Å². The van der Waals surface area contributed by atoms with Crippen molar-refractivity contribution in [1.82, 2.24) is 0 Å². The van der Waals surface area contributed by atoms with E-state index < -0.39 is 0 Å². The average Bonchev–Trinajstić information content (AvgIpc) is 2.61. The van der Waals surface area contributed by atoms with Gasteiger partial charge in [0.05, 0.1) is 20.8 Å². The maximum atomic E-state index is 11.1. The summed E-state index contributed by atoms with van der Waals surface area (Å²) >= 11 is 0. The molecule has 0 fully saturated rings. The third-order valence-electron chi connectivity index (χ3n) is 4.59. The fourth-order valence-corrected chi connectivity index (χ4v) is 3.25. The van der Waals surface area contributed by atoms with Gasteiger partial charge in [0, 0.05) is 18.9 Å². The van der Waals surface area contributed by atoms with Gasteiger partial charge in [-0.3, -0.25) is 4.79 Å². The Morgan fingerprint density at radius 2 is 1.84 bits per heavy atom. The first kappa shape index (κ1) is 17.1. The van der Waals surface area contributed by atoms with Crippen molar-refractivity contribution in [2.75, 3.05) is 20.8 Å². The van der Waals surface area contributed by atoms with Gasteiger partial charge in [0.15, 0.2) is 11.5 Å². The fourth-order valence-electron chi connectivity index (χ4n) is 3.25. The summed E-state index contributed by atoms with van der Waals surface area (Å²) in [5.41, 5.74) is 2.24. The minimum absolute atomic E-state index is 0.201. The number of hydrogen-bond donors (Lipinski definition) is 0. The van der Waals surface area contributed by atoms with Crippen LogP contribution >= 0.6 is 0 Å². The van der Waals surface area contributed by atoms with Crippen LogP contribution in [0.4, 0.5) is 0 Å². The van der Waals surface area contributed by atoms with Crippen LogP contribution in [-0.4, -0.2) is 26.8 Å². The van der Waals surface area contributed by atoms with E-state index >= 15 is 0 Å². The molecule has 0 saturated heterocycles. The van der Waals surface area contributed by atoms with Crippen LogP contribution in [0.25, 0.3) is 0 Å². The number of esters is 1. The van der Waals surface area contributed by atoms with Crippen molar-refractivity contribution in [1.29, 1.82) is 0 Å². The van der Waals surface area contributed by atoms with Crippen LogP contribution in [0.1, 0.15) is 36.8 Å². The number of rotatable bonds is 4. The highest BCUT2D eigenvalue weighted by atomic mass is 16.5. The van der Waals surface area contributed by atoms with Gasteiger partial charge in [0.2, 0.25) is 0 Å². The van der Waals surface area contributed by atoms with Crippen molar-refractivity contribution in [3.8, 4) is 23.0 Å². The zero-order chi connectivity index (χ0) is 18.0. The molecular weight excluding hydrogens is 320 g/mol. The molecule has 0 spiro atoms. The summed E-state index contributed by atoms with van der Waals surface area (Å²) in [5.74, 6) is 2.81. The molecular formula is C20H22O5. The van der Waals surface area contributed by atoms with Gasteiger partial charge < -0.3 is 18.9 Å². The summed E-state index contributed by atoms with van der Waals surface area (Å²) in [4.78, 5) is 11.1. The predicted molar refractivity (Wildman–Crippen MR) is 93.9 cm³/mol. The van der Waals surface area contributed by atoms with E-state index in [1.807, 2.05) is 24.3 Å². The van der Waals surface area contributed by atoms with Crippen molar-refractivity contribution in [2.24, 2.45) is 0 Å². The summed E-state index contributed by atoms with van der Waals surface area (Å²) in [6, 6.07) is 11.5. The zero-order valence-corrected chi connectivity index (χ0v) is 14.9. The summed E-state index contributed by atoms with van der Waals surface area (Å²) in [6.07, 6.45) is 0. The molecule has 1 heterocycles. The number of hydrogen-bond acceptors (Lipinski definition) is 5. The molecule has 0 aromatic heterocycles. The maximum Gasteiger partial charge on any atom is 0.308 e. The summed E-state index contributed by atoms with van der Waals surface area (Å²) in [7, 11) is 3.26. The van der Waals surface area contributed by atoms with E-state index in [2.05, 4.69) is 6.92 Å². The van der Waals surface area contributed by atoms with E-state index in [0.29, 0.717) is 23.9 Å². The van der Waals surface area contributed by atoms with E-state index in [9.17, 15) is 4.79 Å². The molecule has 0 aliphatic carbocycles. The summed E-state index contributed by atoms with van der Waals surface area (Å²) < 4.78 is 21.8. The molecule has 1 aliphatic rings. The third-order valence-corrected chi connectivity index (χ3v) is 4.59. The van der Waals surface area contributed by atoms with Crippen molar-refractivity contribution < 1.29 is 23.7 Å². The van der Waals surface area contributed by atoms with E-state index in [0.717, 1.165) is 16.9 Å². The number of methoxy groups -OCH3 is 2. The first-order valence-electron chi connectivity index (χ1n) is 8.20. The van der Waals surface area contributed by atoms with Crippen LogP contribution < -0.4 is 18.9 Å².